The molecule has 116 valence electrons. The van der Waals surface area contributed by atoms with Gasteiger partial charge in [0.05, 0.1) is 12.0 Å². The quantitative estimate of drug-likeness (QED) is 0.433. The van der Waals surface area contributed by atoms with Crippen LogP contribution in [0, 0.1) is 5.41 Å². The Morgan fingerprint density at radius 3 is 2.43 bits per heavy atom. The number of carbonyl (C=O) groups is 2. The van der Waals surface area contributed by atoms with Crippen LogP contribution in [0.25, 0.3) is 0 Å². The molecule has 0 aliphatic rings. The molecule has 0 heterocycles. The van der Waals surface area contributed by atoms with E-state index in [1.165, 1.54) is 0 Å². The highest BCUT2D eigenvalue weighted by molar-refractivity contribution is 5.93. The van der Waals surface area contributed by atoms with Crippen molar-refractivity contribution >= 4 is 11.9 Å². The van der Waals surface area contributed by atoms with E-state index in [-0.39, 0.29) is 17.3 Å². The molecule has 0 aromatic heterocycles. The maximum absolute atomic E-state index is 12.1. The molecule has 0 aliphatic heterocycles. The Morgan fingerprint density at radius 1 is 1.14 bits per heavy atom. The van der Waals surface area contributed by atoms with Crippen LogP contribution in [0.5, 0.6) is 5.75 Å². The Balaban J connectivity index is 2.84. The molecular formula is C17H24O4. The normalized spacial score (nSPS) is 11.0. The van der Waals surface area contributed by atoms with E-state index in [4.69, 9.17) is 9.47 Å². The average molecular weight is 292 g/mol. The van der Waals surface area contributed by atoms with E-state index in [1.54, 1.807) is 24.3 Å². The predicted octanol–water partition coefficient (Wildman–Crippen LogP) is 3.99. The van der Waals surface area contributed by atoms with Gasteiger partial charge in [0, 0.05) is 0 Å². The largest absolute Gasteiger partial charge is 0.462 e. The Hall–Kier alpha value is -1.84. The molecule has 0 aliphatic carbocycles. The molecule has 1 aromatic carbocycles. The molecule has 0 unspecified atom stereocenters. The number of rotatable bonds is 7. The number of para-hydroxylation sites is 1. The second kappa shape index (κ2) is 7.81. The van der Waals surface area contributed by atoms with E-state index in [1.807, 2.05) is 27.7 Å². The number of esters is 2. The fourth-order valence-electron chi connectivity index (χ4n) is 1.49. The standard InChI is InChI=1S/C17H24O4/c1-5-7-12-20-15(18)13-10-8-9-11-14(13)21-16(19)17(3,4)6-2/h8-11H,5-7,12H2,1-4H3. The zero-order chi connectivity index (χ0) is 15.9. The smallest absolute Gasteiger partial charge is 0.341 e. The van der Waals surface area contributed by atoms with Crippen LogP contribution >= 0.6 is 0 Å². The Bertz CT molecular complexity index is 491. The van der Waals surface area contributed by atoms with Gasteiger partial charge in [0.2, 0.25) is 0 Å². The van der Waals surface area contributed by atoms with Gasteiger partial charge in [-0.15, -0.1) is 0 Å². The van der Waals surface area contributed by atoms with Gasteiger partial charge in [-0.05, 0) is 38.8 Å². The van der Waals surface area contributed by atoms with Gasteiger partial charge in [0.15, 0.2) is 0 Å². The molecule has 0 radical (unpaired) electrons. The summed E-state index contributed by atoms with van der Waals surface area (Å²) in [6.45, 7) is 7.95. The predicted molar refractivity (Wildman–Crippen MR) is 81.3 cm³/mol. The fraction of sp³-hybridized carbons (Fsp3) is 0.529. The first-order valence-electron chi connectivity index (χ1n) is 7.40. The zero-order valence-electron chi connectivity index (χ0n) is 13.3. The minimum Gasteiger partial charge on any atom is -0.462 e. The molecule has 1 aromatic rings. The summed E-state index contributed by atoms with van der Waals surface area (Å²) in [4.78, 5) is 24.2. The van der Waals surface area contributed by atoms with Crippen molar-refractivity contribution in [1.29, 1.82) is 0 Å². The number of benzene rings is 1. The number of hydrogen-bond acceptors (Lipinski definition) is 4. The van der Waals surface area contributed by atoms with Gasteiger partial charge < -0.3 is 9.47 Å². The van der Waals surface area contributed by atoms with E-state index in [9.17, 15) is 9.59 Å². The first-order chi connectivity index (χ1) is 9.92. The van der Waals surface area contributed by atoms with E-state index in [0.29, 0.717) is 13.0 Å². The number of hydrogen-bond donors (Lipinski definition) is 0. The van der Waals surface area contributed by atoms with Gasteiger partial charge >= 0.3 is 11.9 Å². The van der Waals surface area contributed by atoms with Gasteiger partial charge in [-0.3, -0.25) is 4.79 Å². The van der Waals surface area contributed by atoms with E-state index in [2.05, 4.69) is 0 Å². The minimum absolute atomic E-state index is 0.255. The number of ether oxygens (including phenoxy) is 2. The second-order valence-electron chi connectivity index (χ2n) is 5.61. The van der Waals surface area contributed by atoms with Crippen molar-refractivity contribution in [1.82, 2.24) is 0 Å². The molecule has 4 nitrogen and oxygen atoms in total. The number of carbonyl (C=O) groups excluding carboxylic acids is 2. The van der Waals surface area contributed by atoms with Crippen LogP contribution in [0.1, 0.15) is 57.3 Å². The Labute approximate surface area is 126 Å². The van der Waals surface area contributed by atoms with Crippen molar-refractivity contribution in [3.8, 4) is 5.75 Å². The molecule has 21 heavy (non-hydrogen) atoms. The van der Waals surface area contributed by atoms with Crippen molar-refractivity contribution in [2.45, 2.75) is 47.0 Å². The minimum atomic E-state index is -0.584. The molecular weight excluding hydrogens is 268 g/mol. The van der Waals surface area contributed by atoms with Crippen LogP contribution < -0.4 is 4.74 Å². The molecule has 0 atom stereocenters. The molecule has 0 saturated carbocycles. The molecule has 0 amide bonds. The van der Waals surface area contributed by atoms with Crippen LogP contribution in [-0.4, -0.2) is 18.5 Å². The summed E-state index contributed by atoms with van der Waals surface area (Å²) in [5.74, 6) is -0.550. The summed E-state index contributed by atoms with van der Waals surface area (Å²) in [7, 11) is 0. The van der Waals surface area contributed by atoms with E-state index < -0.39 is 11.4 Å². The lowest BCUT2D eigenvalue weighted by atomic mass is 9.91. The molecule has 0 saturated heterocycles. The SMILES string of the molecule is CCCCOC(=O)c1ccccc1OC(=O)C(C)(C)CC. The fourth-order valence-corrected chi connectivity index (χ4v) is 1.49. The lowest BCUT2D eigenvalue weighted by molar-refractivity contribution is -0.144. The van der Waals surface area contributed by atoms with Gasteiger partial charge in [-0.2, -0.15) is 0 Å². The van der Waals surface area contributed by atoms with Crippen LogP contribution in [0.3, 0.4) is 0 Å². The third-order valence-electron chi connectivity index (χ3n) is 3.48. The van der Waals surface area contributed by atoms with Crippen molar-refractivity contribution in [3.05, 3.63) is 29.8 Å². The van der Waals surface area contributed by atoms with Crippen molar-refractivity contribution in [2.75, 3.05) is 6.61 Å². The highest BCUT2D eigenvalue weighted by Gasteiger charge is 2.29. The van der Waals surface area contributed by atoms with Crippen LogP contribution in [0.4, 0.5) is 0 Å². The monoisotopic (exact) mass is 292 g/mol. The lowest BCUT2D eigenvalue weighted by Crippen LogP contribution is -2.28. The third-order valence-corrected chi connectivity index (χ3v) is 3.48. The third kappa shape index (κ3) is 4.88. The highest BCUT2D eigenvalue weighted by atomic mass is 16.5. The number of unbranched alkanes of at least 4 members (excludes halogenated alkanes) is 1. The van der Waals surface area contributed by atoms with Gasteiger partial charge in [0.25, 0.3) is 0 Å². The summed E-state index contributed by atoms with van der Waals surface area (Å²) in [6, 6.07) is 6.67. The summed E-state index contributed by atoms with van der Waals surface area (Å²) in [5.41, 5.74) is -0.298. The first kappa shape index (κ1) is 17.2. The summed E-state index contributed by atoms with van der Waals surface area (Å²) < 4.78 is 10.6. The highest BCUT2D eigenvalue weighted by Crippen LogP contribution is 2.26. The maximum Gasteiger partial charge on any atom is 0.341 e. The topological polar surface area (TPSA) is 52.6 Å². The zero-order valence-corrected chi connectivity index (χ0v) is 13.3. The molecule has 0 bridgehead atoms. The van der Waals surface area contributed by atoms with Gasteiger partial charge in [-0.25, -0.2) is 4.79 Å². The Morgan fingerprint density at radius 2 is 1.81 bits per heavy atom. The van der Waals surface area contributed by atoms with Gasteiger partial charge in [0.1, 0.15) is 11.3 Å². The van der Waals surface area contributed by atoms with Crippen molar-refractivity contribution < 1.29 is 19.1 Å². The summed E-state index contributed by atoms with van der Waals surface area (Å²) >= 11 is 0. The van der Waals surface area contributed by atoms with E-state index >= 15 is 0 Å². The first-order valence-corrected chi connectivity index (χ1v) is 7.40. The summed E-state index contributed by atoms with van der Waals surface area (Å²) in [5, 5.41) is 0. The van der Waals surface area contributed by atoms with Crippen molar-refractivity contribution in [2.24, 2.45) is 5.41 Å². The Kier molecular flexibility index (Phi) is 6.40. The molecule has 0 spiro atoms. The van der Waals surface area contributed by atoms with Crippen molar-refractivity contribution in [3.63, 3.8) is 0 Å². The maximum atomic E-state index is 12.1. The van der Waals surface area contributed by atoms with Crippen LogP contribution in [0.15, 0.2) is 24.3 Å². The molecule has 4 heteroatoms. The van der Waals surface area contributed by atoms with Crippen LogP contribution in [0.2, 0.25) is 0 Å². The molecule has 0 N–H and O–H groups in total. The lowest BCUT2D eigenvalue weighted by Gasteiger charge is -2.20. The molecule has 0 fully saturated rings. The van der Waals surface area contributed by atoms with E-state index in [0.717, 1.165) is 12.8 Å². The van der Waals surface area contributed by atoms with Crippen LogP contribution in [-0.2, 0) is 9.53 Å². The average Bonchev–Trinajstić information content (AvgIpc) is 2.47. The van der Waals surface area contributed by atoms with Gasteiger partial charge in [-0.1, -0.05) is 32.4 Å². The molecule has 1 rings (SSSR count). The second-order valence-corrected chi connectivity index (χ2v) is 5.61. The summed E-state index contributed by atoms with van der Waals surface area (Å²) in [6.07, 6.45) is 2.43.